The van der Waals surface area contributed by atoms with Crippen molar-refractivity contribution in [2.75, 3.05) is 6.61 Å². The normalized spacial score (nSPS) is 16.2. The van der Waals surface area contributed by atoms with Crippen LogP contribution >= 0.6 is 23.2 Å². The second kappa shape index (κ2) is 4.15. The van der Waals surface area contributed by atoms with Crippen LogP contribution in [0.5, 0.6) is 0 Å². The molecule has 4 heteroatoms. The average Bonchev–Trinajstić information content (AvgIpc) is 1.65. The Bertz CT molecular complexity index is 90.0. The lowest BCUT2D eigenvalue weighted by molar-refractivity contribution is 0.297. The van der Waals surface area contributed by atoms with E-state index >= 15 is 0 Å². The molecule has 2 nitrogen and oxygen atoms in total. The van der Waals surface area contributed by atoms with E-state index in [9.17, 15) is 0 Å². The molecule has 0 rings (SSSR count). The minimum atomic E-state index is -1.10. The van der Waals surface area contributed by atoms with Crippen molar-refractivity contribution < 1.29 is 10.2 Å². The van der Waals surface area contributed by atoms with Crippen LogP contribution < -0.4 is 0 Å². The van der Waals surface area contributed by atoms with Crippen LogP contribution in [0.25, 0.3) is 0 Å². The van der Waals surface area contributed by atoms with E-state index in [1.807, 2.05) is 0 Å². The predicted octanol–water partition coefficient (Wildman–Crippen LogP) is 0.659. The van der Waals surface area contributed by atoms with Gasteiger partial charge in [-0.15, -0.1) is 0 Å². The minimum Gasteiger partial charge on any atom is -0.391 e. The fourth-order valence-corrected chi connectivity index (χ4v) is 0.538. The van der Waals surface area contributed by atoms with Crippen LogP contribution in [-0.2, 0) is 0 Å². The smallest absolute Gasteiger partial charge is 0.148 e. The van der Waals surface area contributed by atoms with Crippen LogP contribution in [0.3, 0.4) is 0 Å². The molecule has 0 bridgehead atoms. The number of aliphatic hydroxyl groups excluding tert-OH is 2. The summed E-state index contributed by atoms with van der Waals surface area (Å²) in [6.45, 7) is -0.286. The third-order valence-corrected chi connectivity index (χ3v) is 0.841. The summed E-state index contributed by atoms with van der Waals surface area (Å²) in [5, 5.41) is 16.7. The zero-order valence-electron chi connectivity index (χ0n) is 4.01. The van der Waals surface area contributed by atoms with E-state index in [0.717, 1.165) is 6.08 Å². The summed E-state index contributed by atoms with van der Waals surface area (Å²) in [7, 11) is 0. The molecule has 0 heterocycles. The van der Waals surface area contributed by atoms with Crippen LogP contribution in [0.2, 0.25) is 0 Å². The van der Waals surface area contributed by atoms with Crippen molar-refractivity contribution in [1.82, 2.24) is 0 Å². The number of rotatable bonds is 2. The van der Waals surface area contributed by atoms with Crippen molar-refractivity contribution >= 4 is 23.2 Å². The number of aliphatic hydroxyl groups is 2. The van der Waals surface area contributed by atoms with Crippen LogP contribution in [0.4, 0.5) is 0 Å². The van der Waals surface area contributed by atoms with E-state index in [-0.39, 0.29) is 11.6 Å². The van der Waals surface area contributed by atoms with Gasteiger partial charge in [-0.05, 0) is 6.08 Å². The molecule has 0 radical (unpaired) electrons. The van der Waals surface area contributed by atoms with Crippen LogP contribution in [0.15, 0.2) is 11.1 Å². The Balaban J connectivity index is 3.56. The first-order chi connectivity index (χ1) is 3.66. The lowest BCUT2D eigenvalue weighted by atomic mass is 10.5. The molecule has 0 aliphatic heterocycles. The molecule has 0 aromatic rings. The van der Waals surface area contributed by atoms with Crippen LogP contribution in [0.1, 0.15) is 0 Å². The summed E-state index contributed by atoms with van der Waals surface area (Å²) in [5.74, 6) is 0. The highest BCUT2D eigenvalue weighted by molar-refractivity contribution is 6.30. The van der Waals surface area contributed by atoms with Gasteiger partial charge in [0.2, 0.25) is 0 Å². The second-order valence-corrected chi connectivity index (χ2v) is 2.08. The number of hydrogen-bond donors (Lipinski definition) is 2. The van der Waals surface area contributed by atoms with Crippen LogP contribution in [0, 0.1) is 0 Å². The Morgan fingerprint density at radius 1 is 1.75 bits per heavy atom. The third kappa shape index (κ3) is 4.40. The predicted molar refractivity (Wildman–Crippen MR) is 32.9 cm³/mol. The Morgan fingerprint density at radius 2 is 2.25 bits per heavy atom. The lowest BCUT2D eigenvalue weighted by Gasteiger charge is -1.92. The molecule has 0 saturated carbocycles. The molecule has 0 aromatic heterocycles. The molecule has 8 heavy (non-hydrogen) atoms. The average molecular weight is 157 g/mol. The van der Waals surface area contributed by atoms with Gasteiger partial charge in [0.25, 0.3) is 0 Å². The molecule has 0 saturated heterocycles. The Kier molecular flexibility index (Phi) is 4.28. The van der Waals surface area contributed by atoms with E-state index < -0.39 is 5.56 Å². The Morgan fingerprint density at radius 3 is 2.38 bits per heavy atom. The first-order valence-electron chi connectivity index (χ1n) is 1.96. The molecule has 0 amide bonds. The topological polar surface area (TPSA) is 40.5 Å². The van der Waals surface area contributed by atoms with Gasteiger partial charge in [0.1, 0.15) is 5.56 Å². The highest BCUT2D eigenvalue weighted by atomic mass is 35.5. The molecule has 0 aromatic carbocycles. The Hall–Kier alpha value is 0.240. The van der Waals surface area contributed by atoms with Gasteiger partial charge in [0.15, 0.2) is 0 Å². The van der Waals surface area contributed by atoms with Crippen molar-refractivity contribution in [3.63, 3.8) is 0 Å². The number of hydrogen-bond acceptors (Lipinski definition) is 2. The summed E-state index contributed by atoms with van der Waals surface area (Å²) in [5.41, 5.74) is -1.10. The van der Waals surface area contributed by atoms with E-state index in [4.69, 9.17) is 33.4 Å². The standard InChI is InChI=1S/C4H6Cl2O2/c5-3(2-7)1-4(6)8/h1,4,7-8H,2H2. The summed E-state index contributed by atoms with van der Waals surface area (Å²) >= 11 is 10.3. The molecule has 0 fully saturated rings. The Labute approximate surface area is 57.3 Å². The molecule has 48 valence electrons. The van der Waals surface area contributed by atoms with Crippen molar-refractivity contribution in [1.29, 1.82) is 0 Å². The van der Waals surface area contributed by atoms with Gasteiger partial charge in [0.05, 0.1) is 6.61 Å². The van der Waals surface area contributed by atoms with E-state index in [2.05, 4.69) is 0 Å². The zero-order valence-corrected chi connectivity index (χ0v) is 5.52. The van der Waals surface area contributed by atoms with Gasteiger partial charge in [-0.3, -0.25) is 0 Å². The van der Waals surface area contributed by atoms with Gasteiger partial charge >= 0.3 is 0 Å². The summed E-state index contributed by atoms with van der Waals surface area (Å²) in [6.07, 6.45) is 1.14. The maximum atomic E-state index is 8.35. The molecule has 0 spiro atoms. The first-order valence-corrected chi connectivity index (χ1v) is 2.77. The number of halogens is 2. The minimum absolute atomic E-state index is 0.146. The fraction of sp³-hybridized carbons (Fsp3) is 0.500. The van der Waals surface area contributed by atoms with Gasteiger partial charge in [0, 0.05) is 5.03 Å². The molecule has 1 atom stereocenters. The van der Waals surface area contributed by atoms with Gasteiger partial charge < -0.3 is 10.2 Å². The molecule has 1 unspecified atom stereocenters. The van der Waals surface area contributed by atoms with Gasteiger partial charge in [-0.1, -0.05) is 23.2 Å². The van der Waals surface area contributed by atoms with Crippen molar-refractivity contribution in [3.8, 4) is 0 Å². The SMILES string of the molecule is OCC(Cl)=CC(O)Cl. The van der Waals surface area contributed by atoms with Crippen LogP contribution in [-0.4, -0.2) is 22.4 Å². The molecule has 2 N–H and O–H groups in total. The summed E-state index contributed by atoms with van der Waals surface area (Å²) in [6, 6.07) is 0. The highest BCUT2D eigenvalue weighted by Gasteiger charge is 1.92. The second-order valence-electron chi connectivity index (χ2n) is 1.14. The fourth-order valence-electron chi connectivity index (χ4n) is 0.202. The quantitative estimate of drug-likeness (QED) is 0.578. The molecular weight excluding hydrogens is 151 g/mol. The van der Waals surface area contributed by atoms with Crippen molar-refractivity contribution in [2.24, 2.45) is 0 Å². The van der Waals surface area contributed by atoms with E-state index in [1.165, 1.54) is 0 Å². The van der Waals surface area contributed by atoms with Gasteiger partial charge in [-0.2, -0.15) is 0 Å². The summed E-state index contributed by atoms with van der Waals surface area (Å²) in [4.78, 5) is 0. The zero-order chi connectivity index (χ0) is 6.57. The largest absolute Gasteiger partial charge is 0.391 e. The van der Waals surface area contributed by atoms with Crippen molar-refractivity contribution in [3.05, 3.63) is 11.1 Å². The number of alkyl halides is 1. The molecule has 0 aliphatic rings. The van der Waals surface area contributed by atoms with E-state index in [1.54, 1.807) is 0 Å². The maximum absolute atomic E-state index is 8.35. The summed E-state index contributed by atoms with van der Waals surface area (Å²) < 4.78 is 0. The monoisotopic (exact) mass is 156 g/mol. The molecular formula is C4H6Cl2O2. The van der Waals surface area contributed by atoms with Gasteiger partial charge in [-0.25, -0.2) is 0 Å². The van der Waals surface area contributed by atoms with Crippen molar-refractivity contribution in [2.45, 2.75) is 5.56 Å². The highest BCUT2D eigenvalue weighted by Crippen LogP contribution is 2.02. The first kappa shape index (κ1) is 8.24. The molecule has 0 aliphatic carbocycles. The van der Waals surface area contributed by atoms with E-state index in [0.29, 0.717) is 0 Å². The lowest BCUT2D eigenvalue weighted by Crippen LogP contribution is -1.91. The maximum Gasteiger partial charge on any atom is 0.148 e. The third-order valence-electron chi connectivity index (χ3n) is 0.469.